The highest BCUT2D eigenvalue weighted by Gasteiger charge is 2.12. The molecule has 0 spiro atoms. The molecule has 0 saturated carbocycles. The molecule has 0 unspecified atom stereocenters. The van der Waals surface area contributed by atoms with Crippen LogP contribution in [0.25, 0.3) is 11.6 Å². The molecule has 1 aromatic heterocycles. The molecular weight excluding hydrogens is 206 g/mol. The van der Waals surface area contributed by atoms with Crippen LogP contribution in [-0.2, 0) is 6.42 Å². The SMILES string of the molecule is C(=C1\CCCc2ccccc21)/c1ccncc1. The monoisotopic (exact) mass is 221 g/mol. The topological polar surface area (TPSA) is 12.9 Å². The van der Waals surface area contributed by atoms with E-state index in [0.29, 0.717) is 0 Å². The second-order valence-corrected chi connectivity index (χ2v) is 4.46. The van der Waals surface area contributed by atoms with E-state index >= 15 is 0 Å². The average Bonchev–Trinajstić information content (AvgIpc) is 2.40. The Bertz CT molecular complexity index is 540. The fourth-order valence-electron chi connectivity index (χ4n) is 2.47. The van der Waals surface area contributed by atoms with E-state index in [4.69, 9.17) is 0 Å². The summed E-state index contributed by atoms with van der Waals surface area (Å²) >= 11 is 0. The number of pyridine rings is 1. The molecule has 0 bridgehead atoms. The zero-order chi connectivity index (χ0) is 11.5. The summed E-state index contributed by atoms with van der Waals surface area (Å²) in [6.45, 7) is 0. The van der Waals surface area contributed by atoms with Crippen LogP contribution < -0.4 is 0 Å². The fourth-order valence-corrected chi connectivity index (χ4v) is 2.47. The summed E-state index contributed by atoms with van der Waals surface area (Å²) in [7, 11) is 0. The van der Waals surface area contributed by atoms with Gasteiger partial charge in [0.2, 0.25) is 0 Å². The Morgan fingerprint density at radius 1 is 0.941 bits per heavy atom. The smallest absolute Gasteiger partial charge is 0.0273 e. The molecule has 0 N–H and O–H groups in total. The van der Waals surface area contributed by atoms with Gasteiger partial charge in [0.25, 0.3) is 0 Å². The van der Waals surface area contributed by atoms with Crippen molar-refractivity contribution in [3.8, 4) is 0 Å². The van der Waals surface area contributed by atoms with Gasteiger partial charge in [-0.05, 0) is 53.7 Å². The molecule has 1 aliphatic carbocycles. The first-order valence-electron chi connectivity index (χ1n) is 6.12. The van der Waals surface area contributed by atoms with Crippen molar-refractivity contribution in [2.24, 2.45) is 0 Å². The molecule has 0 atom stereocenters. The van der Waals surface area contributed by atoms with Crippen LogP contribution in [0.2, 0.25) is 0 Å². The molecule has 0 aliphatic heterocycles. The van der Waals surface area contributed by atoms with Gasteiger partial charge in [0, 0.05) is 12.4 Å². The van der Waals surface area contributed by atoms with Crippen molar-refractivity contribution in [3.63, 3.8) is 0 Å². The summed E-state index contributed by atoms with van der Waals surface area (Å²) < 4.78 is 0. The Kier molecular flexibility index (Phi) is 2.74. The molecule has 0 fully saturated rings. The number of fused-ring (bicyclic) bond motifs is 1. The Hall–Kier alpha value is -1.89. The van der Waals surface area contributed by atoms with Crippen molar-refractivity contribution in [1.29, 1.82) is 0 Å². The molecule has 2 aromatic rings. The van der Waals surface area contributed by atoms with Gasteiger partial charge in [0.1, 0.15) is 0 Å². The Labute approximate surface area is 102 Å². The van der Waals surface area contributed by atoms with Crippen molar-refractivity contribution in [2.75, 3.05) is 0 Å². The van der Waals surface area contributed by atoms with Gasteiger partial charge in [-0.25, -0.2) is 0 Å². The first kappa shape index (κ1) is 10.3. The molecule has 1 heterocycles. The third-order valence-corrected chi connectivity index (χ3v) is 3.30. The van der Waals surface area contributed by atoms with Gasteiger partial charge in [0.15, 0.2) is 0 Å². The van der Waals surface area contributed by atoms with Crippen LogP contribution >= 0.6 is 0 Å². The number of hydrogen-bond donors (Lipinski definition) is 0. The van der Waals surface area contributed by atoms with E-state index in [1.165, 1.54) is 41.5 Å². The van der Waals surface area contributed by atoms with Crippen LogP contribution in [0.4, 0.5) is 0 Å². The lowest BCUT2D eigenvalue weighted by Crippen LogP contribution is -2.00. The van der Waals surface area contributed by atoms with E-state index in [9.17, 15) is 0 Å². The molecule has 0 radical (unpaired) electrons. The summed E-state index contributed by atoms with van der Waals surface area (Å²) in [5.41, 5.74) is 5.61. The van der Waals surface area contributed by atoms with Crippen molar-refractivity contribution in [3.05, 3.63) is 65.5 Å². The normalized spacial score (nSPS) is 16.8. The molecule has 1 nitrogen and oxygen atoms in total. The predicted octanol–water partition coefficient (Wildman–Crippen LogP) is 3.96. The lowest BCUT2D eigenvalue weighted by atomic mass is 9.86. The maximum atomic E-state index is 4.05. The number of nitrogens with zero attached hydrogens (tertiary/aromatic N) is 1. The minimum Gasteiger partial charge on any atom is -0.265 e. The summed E-state index contributed by atoms with van der Waals surface area (Å²) in [5, 5.41) is 0. The lowest BCUT2D eigenvalue weighted by molar-refractivity contribution is 0.824. The number of aryl methyl sites for hydroxylation is 1. The number of rotatable bonds is 1. The molecule has 1 aliphatic rings. The van der Waals surface area contributed by atoms with Crippen LogP contribution in [0.15, 0.2) is 48.8 Å². The van der Waals surface area contributed by atoms with Crippen LogP contribution in [-0.4, -0.2) is 4.98 Å². The van der Waals surface area contributed by atoms with Gasteiger partial charge in [-0.15, -0.1) is 0 Å². The summed E-state index contributed by atoms with van der Waals surface area (Å²) in [4.78, 5) is 4.05. The minimum absolute atomic E-state index is 1.18. The molecule has 1 heteroatoms. The van der Waals surface area contributed by atoms with Crippen molar-refractivity contribution in [2.45, 2.75) is 19.3 Å². The van der Waals surface area contributed by atoms with Crippen LogP contribution in [0, 0.1) is 0 Å². The second-order valence-electron chi connectivity index (χ2n) is 4.46. The van der Waals surface area contributed by atoms with Gasteiger partial charge in [-0.2, -0.15) is 0 Å². The van der Waals surface area contributed by atoms with E-state index in [1.807, 2.05) is 12.4 Å². The zero-order valence-corrected chi connectivity index (χ0v) is 9.76. The average molecular weight is 221 g/mol. The van der Waals surface area contributed by atoms with Gasteiger partial charge < -0.3 is 0 Å². The third kappa shape index (κ3) is 2.14. The maximum Gasteiger partial charge on any atom is 0.0273 e. The summed E-state index contributed by atoms with van der Waals surface area (Å²) in [6.07, 6.45) is 9.64. The molecule has 84 valence electrons. The van der Waals surface area contributed by atoms with E-state index in [1.54, 1.807) is 0 Å². The van der Waals surface area contributed by atoms with Crippen LogP contribution in [0.5, 0.6) is 0 Å². The molecule has 1 aromatic carbocycles. The second kappa shape index (κ2) is 4.54. The highest BCUT2D eigenvalue weighted by atomic mass is 14.6. The highest BCUT2D eigenvalue weighted by Crippen LogP contribution is 2.31. The standard InChI is InChI=1S/C16H15N/c1-2-7-16-14(4-1)5-3-6-15(16)12-13-8-10-17-11-9-13/h1-2,4,7-12H,3,5-6H2/b15-12-. The van der Waals surface area contributed by atoms with E-state index in [0.717, 1.165) is 0 Å². The maximum absolute atomic E-state index is 4.05. The van der Waals surface area contributed by atoms with E-state index in [2.05, 4.69) is 47.5 Å². The minimum atomic E-state index is 1.18. The highest BCUT2D eigenvalue weighted by molar-refractivity contribution is 5.83. The summed E-state index contributed by atoms with van der Waals surface area (Å²) in [5.74, 6) is 0. The van der Waals surface area contributed by atoms with E-state index < -0.39 is 0 Å². The van der Waals surface area contributed by atoms with E-state index in [-0.39, 0.29) is 0 Å². The van der Waals surface area contributed by atoms with Crippen molar-refractivity contribution in [1.82, 2.24) is 4.98 Å². The Balaban J connectivity index is 2.03. The number of benzene rings is 1. The zero-order valence-electron chi connectivity index (χ0n) is 9.76. The third-order valence-electron chi connectivity index (χ3n) is 3.30. The van der Waals surface area contributed by atoms with Gasteiger partial charge >= 0.3 is 0 Å². The van der Waals surface area contributed by atoms with Crippen LogP contribution in [0.1, 0.15) is 29.5 Å². The Morgan fingerprint density at radius 2 is 1.76 bits per heavy atom. The molecule has 3 rings (SSSR count). The number of allylic oxidation sites excluding steroid dienone is 1. The van der Waals surface area contributed by atoms with Gasteiger partial charge in [-0.3, -0.25) is 4.98 Å². The molecule has 17 heavy (non-hydrogen) atoms. The van der Waals surface area contributed by atoms with Gasteiger partial charge in [-0.1, -0.05) is 30.3 Å². The molecule has 0 saturated heterocycles. The number of aromatic nitrogens is 1. The predicted molar refractivity (Wildman–Crippen MR) is 71.5 cm³/mol. The molecular formula is C16H15N. The summed E-state index contributed by atoms with van der Waals surface area (Å²) in [6, 6.07) is 12.9. The number of hydrogen-bond acceptors (Lipinski definition) is 1. The fraction of sp³-hybridized carbons (Fsp3) is 0.188. The first-order chi connectivity index (χ1) is 8.43. The van der Waals surface area contributed by atoms with Crippen molar-refractivity contribution < 1.29 is 0 Å². The quantitative estimate of drug-likeness (QED) is 0.710. The Morgan fingerprint density at radius 3 is 2.65 bits per heavy atom. The van der Waals surface area contributed by atoms with Gasteiger partial charge in [0.05, 0.1) is 0 Å². The van der Waals surface area contributed by atoms with Crippen molar-refractivity contribution >= 4 is 11.6 Å². The lowest BCUT2D eigenvalue weighted by Gasteiger charge is -2.18. The first-order valence-corrected chi connectivity index (χ1v) is 6.12. The van der Waals surface area contributed by atoms with Crippen LogP contribution in [0.3, 0.4) is 0 Å². The largest absolute Gasteiger partial charge is 0.265 e. The molecule has 0 amide bonds.